The third kappa shape index (κ3) is 9.93. The fourth-order valence-electron chi connectivity index (χ4n) is 7.58. The van der Waals surface area contributed by atoms with E-state index in [4.69, 9.17) is 28.4 Å². The fraction of sp³-hybridized carbons (Fsp3) is 0.375. The van der Waals surface area contributed by atoms with Crippen molar-refractivity contribution in [1.29, 1.82) is 0 Å². The van der Waals surface area contributed by atoms with E-state index in [-0.39, 0.29) is 6.10 Å². The SMILES string of the molecule is CCCCCCCCO[C@@H]1O[C@H](COCc2ccccc2)[C@@H](OCc2ccccc2)[C@H](OCc2ccccc2)[C@H]1OC1c2ccccc2-c2ccccc21. The van der Waals surface area contributed by atoms with E-state index >= 15 is 0 Å². The highest BCUT2D eigenvalue weighted by Crippen LogP contribution is 2.47. The van der Waals surface area contributed by atoms with Crippen molar-refractivity contribution >= 4 is 0 Å². The van der Waals surface area contributed by atoms with Gasteiger partial charge in [0.25, 0.3) is 0 Å². The van der Waals surface area contributed by atoms with Gasteiger partial charge < -0.3 is 28.4 Å². The van der Waals surface area contributed by atoms with E-state index < -0.39 is 30.7 Å². The summed E-state index contributed by atoms with van der Waals surface area (Å²) in [6, 6.07) is 47.8. The van der Waals surface area contributed by atoms with Crippen LogP contribution in [0.15, 0.2) is 140 Å². The molecule has 0 amide bonds. The van der Waals surface area contributed by atoms with Crippen molar-refractivity contribution in [3.63, 3.8) is 0 Å². The Balaban J connectivity index is 1.21. The largest absolute Gasteiger partial charge is 0.374 e. The van der Waals surface area contributed by atoms with Gasteiger partial charge in [-0.1, -0.05) is 179 Å². The summed E-state index contributed by atoms with van der Waals surface area (Å²) in [5.74, 6) is 0. The highest BCUT2D eigenvalue weighted by Gasteiger charge is 2.50. The Hall–Kier alpha value is -4.14. The van der Waals surface area contributed by atoms with Crippen LogP contribution in [-0.4, -0.2) is 43.9 Å². The van der Waals surface area contributed by atoms with Gasteiger partial charge >= 0.3 is 0 Å². The lowest BCUT2D eigenvalue weighted by Gasteiger charge is -2.46. The van der Waals surface area contributed by atoms with Crippen molar-refractivity contribution < 1.29 is 28.4 Å². The maximum atomic E-state index is 7.34. The second-order valence-corrected chi connectivity index (χ2v) is 14.4. The van der Waals surface area contributed by atoms with Gasteiger partial charge in [-0.05, 0) is 45.4 Å². The predicted molar refractivity (Wildman–Crippen MR) is 213 cm³/mol. The Bertz CT molecular complexity index is 1770. The standard InChI is InChI=1S/C48H54O6/c1-2-3-4-5-6-20-31-50-48-47(54-44-41-29-18-16-27-39(41)40-28-17-19-30-42(40)44)46(52-34-38-25-14-9-15-26-38)45(51-33-37-23-12-8-13-24-37)43(53-48)35-49-32-36-21-10-7-11-22-36/h7-19,21-30,43-48H,2-6,20,31-35H2,1H3/t43-,45-,46+,47-,48-/m1/s1. The van der Waals surface area contributed by atoms with Gasteiger partial charge in [-0.15, -0.1) is 0 Å². The topological polar surface area (TPSA) is 55.4 Å². The Morgan fingerprint density at radius 2 is 0.981 bits per heavy atom. The number of ether oxygens (including phenoxy) is 6. The van der Waals surface area contributed by atoms with Crippen molar-refractivity contribution in [2.24, 2.45) is 0 Å². The summed E-state index contributed by atoms with van der Waals surface area (Å²) in [7, 11) is 0. The molecule has 5 aromatic carbocycles. The second-order valence-electron chi connectivity index (χ2n) is 14.4. The molecule has 6 heteroatoms. The van der Waals surface area contributed by atoms with E-state index in [0.29, 0.717) is 33.0 Å². The van der Waals surface area contributed by atoms with Gasteiger partial charge in [0, 0.05) is 6.61 Å². The Morgan fingerprint density at radius 1 is 0.481 bits per heavy atom. The predicted octanol–water partition coefficient (Wildman–Crippen LogP) is 10.6. The first-order valence-corrected chi connectivity index (χ1v) is 19.8. The smallest absolute Gasteiger partial charge is 0.186 e. The van der Waals surface area contributed by atoms with Crippen LogP contribution in [0.5, 0.6) is 0 Å². The third-order valence-corrected chi connectivity index (χ3v) is 10.4. The lowest BCUT2D eigenvalue weighted by Crippen LogP contribution is -2.62. The molecule has 0 radical (unpaired) electrons. The summed E-state index contributed by atoms with van der Waals surface area (Å²) in [6.45, 7) is 4.35. The van der Waals surface area contributed by atoms with Gasteiger partial charge in [0.15, 0.2) is 6.29 Å². The maximum absolute atomic E-state index is 7.34. The molecule has 7 rings (SSSR count). The molecule has 54 heavy (non-hydrogen) atoms. The van der Waals surface area contributed by atoms with Crippen LogP contribution in [0.25, 0.3) is 11.1 Å². The normalized spacial score (nSPS) is 20.8. The molecule has 0 spiro atoms. The number of hydrogen-bond acceptors (Lipinski definition) is 6. The molecule has 2 aliphatic rings. The van der Waals surface area contributed by atoms with Crippen LogP contribution in [-0.2, 0) is 48.2 Å². The van der Waals surface area contributed by atoms with Crippen molar-refractivity contribution in [3.05, 3.63) is 167 Å². The minimum atomic E-state index is -0.705. The van der Waals surface area contributed by atoms with E-state index in [1.54, 1.807) is 0 Å². The van der Waals surface area contributed by atoms with Gasteiger partial charge in [0.2, 0.25) is 0 Å². The highest BCUT2D eigenvalue weighted by molar-refractivity contribution is 5.78. The van der Waals surface area contributed by atoms with Gasteiger partial charge in [-0.2, -0.15) is 0 Å². The molecule has 6 nitrogen and oxygen atoms in total. The molecule has 0 N–H and O–H groups in total. The third-order valence-electron chi connectivity index (χ3n) is 10.4. The molecule has 1 aliphatic heterocycles. The zero-order valence-electron chi connectivity index (χ0n) is 31.5. The lowest BCUT2D eigenvalue weighted by molar-refractivity contribution is -0.331. The van der Waals surface area contributed by atoms with Crippen molar-refractivity contribution in [2.45, 2.75) is 102 Å². The van der Waals surface area contributed by atoms with Crippen LogP contribution in [0.4, 0.5) is 0 Å². The van der Waals surface area contributed by atoms with Gasteiger partial charge in [0.05, 0.1) is 26.4 Å². The molecular weight excluding hydrogens is 673 g/mol. The van der Waals surface area contributed by atoms with Crippen LogP contribution >= 0.6 is 0 Å². The highest BCUT2D eigenvalue weighted by atomic mass is 16.7. The average molecular weight is 727 g/mol. The first-order valence-electron chi connectivity index (χ1n) is 19.8. The minimum Gasteiger partial charge on any atom is -0.374 e. The molecule has 1 saturated heterocycles. The van der Waals surface area contributed by atoms with Crippen LogP contribution in [0.3, 0.4) is 0 Å². The van der Waals surface area contributed by atoms with E-state index in [1.165, 1.54) is 36.8 Å². The average Bonchev–Trinajstić information content (AvgIpc) is 3.54. The number of rotatable bonds is 20. The zero-order valence-corrected chi connectivity index (χ0v) is 31.5. The molecule has 5 atom stereocenters. The Kier molecular flexibility index (Phi) is 14.1. The van der Waals surface area contributed by atoms with E-state index in [9.17, 15) is 0 Å². The van der Waals surface area contributed by atoms with Crippen LogP contribution in [0.2, 0.25) is 0 Å². The second kappa shape index (κ2) is 20.0. The molecule has 1 heterocycles. The van der Waals surface area contributed by atoms with E-state index in [1.807, 2.05) is 54.6 Å². The minimum absolute atomic E-state index is 0.304. The molecule has 0 aromatic heterocycles. The molecule has 282 valence electrons. The summed E-state index contributed by atoms with van der Waals surface area (Å²) in [4.78, 5) is 0. The lowest BCUT2D eigenvalue weighted by atomic mass is 9.97. The van der Waals surface area contributed by atoms with Crippen LogP contribution in [0.1, 0.15) is 79.4 Å². The quantitative estimate of drug-likeness (QED) is 0.0745. The van der Waals surface area contributed by atoms with Gasteiger partial charge in [-0.25, -0.2) is 0 Å². The summed E-state index contributed by atoms with van der Waals surface area (Å²) in [6.07, 6.45) is 3.83. The van der Waals surface area contributed by atoms with E-state index in [0.717, 1.165) is 40.7 Å². The van der Waals surface area contributed by atoms with Gasteiger partial charge in [0.1, 0.15) is 30.5 Å². The van der Waals surface area contributed by atoms with Gasteiger partial charge in [-0.3, -0.25) is 0 Å². The monoisotopic (exact) mass is 726 g/mol. The molecule has 0 saturated carbocycles. The number of benzene rings is 5. The summed E-state index contributed by atoms with van der Waals surface area (Å²) in [5.41, 5.74) is 7.87. The number of hydrogen-bond donors (Lipinski definition) is 0. The van der Waals surface area contributed by atoms with E-state index in [2.05, 4.69) is 91.9 Å². The first-order chi connectivity index (χ1) is 26.8. The first kappa shape index (κ1) is 38.1. The Morgan fingerprint density at radius 3 is 1.57 bits per heavy atom. The van der Waals surface area contributed by atoms with Crippen LogP contribution in [0, 0.1) is 0 Å². The molecule has 0 bridgehead atoms. The molecule has 1 fully saturated rings. The molecule has 0 unspecified atom stereocenters. The Labute approximate surface area is 321 Å². The van der Waals surface area contributed by atoms with Crippen molar-refractivity contribution in [3.8, 4) is 11.1 Å². The number of fused-ring (bicyclic) bond motifs is 3. The molecule has 1 aliphatic carbocycles. The fourth-order valence-corrected chi connectivity index (χ4v) is 7.58. The summed E-state index contributed by atoms with van der Waals surface area (Å²) < 4.78 is 41.3. The summed E-state index contributed by atoms with van der Waals surface area (Å²) in [5, 5.41) is 0. The van der Waals surface area contributed by atoms with Crippen molar-refractivity contribution in [2.75, 3.05) is 13.2 Å². The number of unbranched alkanes of at least 4 members (excludes halogenated alkanes) is 5. The molecular formula is C48H54O6. The van der Waals surface area contributed by atoms with Crippen molar-refractivity contribution in [1.82, 2.24) is 0 Å². The maximum Gasteiger partial charge on any atom is 0.186 e. The van der Waals surface area contributed by atoms with Crippen LogP contribution < -0.4 is 0 Å². The summed E-state index contributed by atoms with van der Waals surface area (Å²) >= 11 is 0. The zero-order chi connectivity index (χ0) is 36.8. The molecule has 5 aromatic rings.